The molecule has 1 aromatic heterocycles. The first kappa shape index (κ1) is 20.4. The lowest BCUT2D eigenvalue weighted by Gasteiger charge is -2.09. The van der Waals surface area contributed by atoms with Crippen molar-refractivity contribution in [2.75, 3.05) is 6.26 Å². The van der Waals surface area contributed by atoms with Crippen LogP contribution in [-0.2, 0) is 9.84 Å². The Morgan fingerprint density at radius 2 is 1.53 bits per heavy atom. The van der Waals surface area contributed by atoms with Gasteiger partial charge in [0.05, 0.1) is 22.0 Å². The Balaban J connectivity index is 1.89. The molecule has 0 spiro atoms. The van der Waals surface area contributed by atoms with E-state index in [1.165, 1.54) is 11.8 Å². The third-order valence-electron chi connectivity index (χ3n) is 5.02. The Morgan fingerprint density at radius 3 is 2.13 bits per heavy atom. The van der Waals surface area contributed by atoms with Crippen LogP contribution < -0.4 is 0 Å². The van der Waals surface area contributed by atoms with E-state index < -0.39 is 9.84 Å². The number of aryl methyl sites for hydroxylation is 2. The van der Waals surface area contributed by atoms with Crippen LogP contribution in [-0.4, -0.2) is 24.5 Å². The third-order valence-corrected chi connectivity index (χ3v) is 6.40. The summed E-state index contributed by atoms with van der Waals surface area (Å²) < 4.78 is 25.5. The molecule has 0 aliphatic carbocycles. The largest absolute Gasteiger partial charge is 0.232 e. The standard InChI is InChI=1S/C24H21ClN2O2S/c1-16-4-13-22(17(2)14-16)23-15-24(18-5-7-19(25)8-6-18)27(26-23)20-9-11-21(12-10-20)30(3,28)29/h4-15H,1-3H3. The highest BCUT2D eigenvalue weighted by atomic mass is 35.5. The molecular formula is C24H21ClN2O2S. The molecule has 3 aromatic carbocycles. The zero-order valence-electron chi connectivity index (χ0n) is 16.9. The van der Waals surface area contributed by atoms with Gasteiger partial charge in [0.2, 0.25) is 0 Å². The molecule has 0 radical (unpaired) electrons. The normalized spacial score (nSPS) is 11.6. The van der Waals surface area contributed by atoms with Crippen molar-refractivity contribution in [1.82, 2.24) is 9.78 Å². The number of benzene rings is 3. The van der Waals surface area contributed by atoms with Gasteiger partial charge in [0.15, 0.2) is 9.84 Å². The molecule has 152 valence electrons. The van der Waals surface area contributed by atoms with Gasteiger partial charge in [-0.3, -0.25) is 0 Å². The lowest BCUT2D eigenvalue weighted by molar-refractivity contribution is 0.602. The van der Waals surface area contributed by atoms with Crippen molar-refractivity contribution in [3.63, 3.8) is 0 Å². The first-order valence-corrected chi connectivity index (χ1v) is 11.7. The van der Waals surface area contributed by atoms with Crippen LogP contribution in [0.3, 0.4) is 0 Å². The summed E-state index contributed by atoms with van der Waals surface area (Å²) in [6.45, 7) is 4.14. The highest BCUT2D eigenvalue weighted by molar-refractivity contribution is 7.90. The van der Waals surface area contributed by atoms with E-state index in [9.17, 15) is 8.42 Å². The van der Waals surface area contributed by atoms with Crippen LogP contribution in [0.15, 0.2) is 77.7 Å². The van der Waals surface area contributed by atoms with Gasteiger partial charge in [-0.05, 0) is 61.9 Å². The zero-order chi connectivity index (χ0) is 21.5. The molecule has 4 nitrogen and oxygen atoms in total. The van der Waals surface area contributed by atoms with E-state index in [0.29, 0.717) is 5.02 Å². The first-order chi connectivity index (χ1) is 14.2. The molecule has 0 unspecified atom stereocenters. The van der Waals surface area contributed by atoms with Crippen LogP contribution in [0.4, 0.5) is 0 Å². The molecule has 0 aliphatic rings. The molecule has 30 heavy (non-hydrogen) atoms. The van der Waals surface area contributed by atoms with Gasteiger partial charge in [-0.1, -0.05) is 47.5 Å². The SMILES string of the molecule is Cc1ccc(-c2cc(-c3ccc(Cl)cc3)n(-c3ccc(S(C)(=O)=O)cc3)n2)c(C)c1. The van der Waals surface area contributed by atoms with Crippen molar-refractivity contribution in [3.05, 3.63) is 88.9 Å². The number of hydrogen-bond acceptors (Lipinski definition) is 3. The van der Waals surface area contributed by atoms with Gasteiger partial charge in [0.1, 0.15) is 0 Å². The fourth-order valence-corrected chi connectivity index (χ4v) is 4.23. The Bertz CT molecular complexity index is 1320. The second-order valence-electron chi connectivity index (χ2n) is 7.42. The quantitative estimate of drug-likeness (QED) is 0.401. The molecule has 0 N–H and O–H groups in total. The monoisotopic (exact) mass is 436 g/mol. The highest BCUT2D eigenvalue weighted by Gasteiger charge is 2.15. The summed E-state index contributed by atoms with van der Waals surface area (Å²) >= 11 is 6.07. The van der Waals surface area contributed by atoms with Crippen molar-refractivity contribution in [2.45, 2.75) is 18.7 Å². The molecule has 0 saturated carbocycles. The van der Waals surface area contributed by atoms with E-state index in [4.69, 9.17) is 16.7 Å². The van der Waals surface area contributed by atoms with Crippen molar-refractivity contribution >= 4 is 21.4 Å². The van der Waals surface area contributed by atoms with Crippen LogP contribution in [0.1, 0.15) is 11.1 Å². The Kier molecular flexibility index (Phi) is 5.26. The van der Waals surface area contributed by atoms with Gasteiger partial charge >= 0.3 is 0 Å². The predicted octanol–water partition coefficient (Wildman–Crippen LogP) is 5.88. The fourth-order valence-electron chi connectivity index (χ4n) is 3.47. The molecule has 0 fully saturated rings. The average molecular weight is 437 g/mol. The summed E-state index contributed by atoms with van der Waals surface area (Å²) in [7, 11) is -3.26. The summed E-state index contributed by atoms with van der Waals surface area (Å²) in [5, 5.41) is 5.53. The molecule has 0 amide bonds. The van der Waals surface area contributed by atoms with Gasteiger partial charge in [-0.15, -0.1) is 0 Å². The van der Waals surface area contributed by atoms with Gasteiger partial charge in [0.25, 0.3) is 0 Å². The second-order valence-corrected chi connectivity index (χ2v) is 9.87. The summed E-state index contributed by atoms with van der Waals surface area (Å²) in [5.41, 5.74) is 6.90. The van der Waals surface area contributed by atoms with Gasteiger partial charge in [-0.25, -0.2) is 13.1 Å². The number of rotatable bonds is 4. The maximum absolute atomic E-state index is 11.8. The second kappa shape index (κ2) is 7.74. The van der Waals surface area contributed by atoms with E-state index in [1.54, 1.807) is 24.3 Å². The molecule has 6 heteroatoms. The maximum atomic E-state index is 11.8. The van der Waals surface area contributed by atoms with Crippen molar-refractivity contribution in [1.29, 1.82) is 0 Å². The minimum Gasteiger partial charge on any atom is -0.232 e. The molecular weight excluding hydrogens is 416 g/mol. The number of hydrogen-bond donors (Lipinski definition) is 0. The predicted molar refractivity (Wildman–Crippen MR) is 122 cm³/mol. The smallest absolute Gasteiger partial charge is 0.175 e. The topological polar surface area (TPSA) is 52.0 Å². The van der Waals surface area contributed by atoms with Gasteiger partial charge in [-0.2, -0.15) is 5.10 Å². The summed E-state index contributed by atoms with van der Waals surface area (Å²) in [4.78, 5) is 0.279. The summed E-state index contributed by atoms with van der Waals surface area (Å²) in [5.74, 6) is 0. The first-order valence-electron chi connectivity index (χ1n) is 9.46. The summed E-state index contributed by atoms with van der Waals surface area (Å²) in [6, 6.07) is 22.7. The maximum Gasteiger partial charge on any atom is 0.175 e. The van der Waals surface area contributed by atoms with Crippen molar-refractivity contribution in [3.8, 4) is 28.2 Å². The molecule has 0 aliphatic heterocycles. The zero-order valence-corrected chi connectivity index (χ0v) is 18.5. The molecule has 0 bridgehead atoms. The number of halogens is 1. The minimum absolute atomic E-state index is 0.279. The van der Waals surface area contributed by atoms with Crippen LogP contribution in [0.2, 0.25) is 5.02 Å². The molecule has 4 aromatic rings. The lowest BCUT2D eigenvalue weighted by Crippen LogP contribution is -2.01. The number of aromatic nitrogens is 2. The molecule has 4 rings (SSSR count). The minimum atomic E-state index is -3.26. The Labute approximate surface area is 181 Å². The van der Waals surface area contributed by atoms with E-state index >= 15 is 0 Å². The Hall–Kier alpha value is -2.89. The van der Waals surface area contributed by atoms with Crippen LogP contribution in [0.25, 0.3) is 28.2 Å². The molecule has 0 atom stereocenters. The lowest BCUT2D eigenvalue weighted by atomic mass is 10.0. The Morgan fingerprint density at radius 1 is 0.867 bits per heavy atom. The molecule has 1 heterocycles. The van der Waals surface area contributed by atoms with E-state index in [-0.39, 0.29) is 4.90 Å². The van der Waals surface area contributed by atoms with E-state index in [0.717, 1.165) is 33.8 Å². The van der Waals surface area contributed by atoms with Crippen molar-refractivity contribution < 1.29 is 8.42 Å². The van der Waals surface area contributed by atoms with Gasteiger partial charge < -0.3 is 0 Å². The van der Waals surface area contributed by atoms with E-state index in [1.807, 2.05) is 35.0 Å². The van der Waals surface area contributed by atoms with Crippen LogP contribution in [0.5, 0.6) is 0 Å². The van der Waals surface area contributed by atoms with Crippen molar-refractivity contribution in [2.24, 2.45) is 0 Å². The fraction of sp³-hybridized carbons (Fsp3) is 0.125. The molecule has 0 saturated heterocycles. The highest BCUT2D eigenvalue weighted by Crippen LogP contribution is 2.31. The van der Waals surface area contributed by atoms with Crippen LogP contribution in [0, 0.1) is 13.8 Å². The number of sulfone groups is 1. The third kappa shape index (κ3) is 4.04. The van der Waals surface area contributed by atoms with Gasteiger partial charge in [0, 0.05) is 22.4 Å². The summed E-state index contributed by atoms with van der Waals surface area (Å²) in [6.07, 6.45) is 1.20. The average Bonchev–Trinajstić information content (AvgIpc) is 3.13. The van der Waals surface area contributed by atoms with E-state index in [2.05, 4.69) is 32.0 Å². The van der Waals surface area contributed by atoms with Crippen LogP contribution >= 0.6 is 11.6 Å². The number of nitrogens with zero attached hydrogens (tertiary/aromatic N) is 2.